The maximum absolute atomic E-state index is 12.0. The number of amides is 1. The van der Waals surface area contributed by atoms with E-state index in [4.69, 9.17) is 11.6 Å². The Bertz CT molecular complexity index is 431. The molecule has 0 N–H and O–H groups in total. The number of hydrogen-bond donors (Lipinski definition) is 0. The van der Waals surface area contributed by atoms with Gasteiger partial charge in [-0.3, -0.25) is 4.79 Å². The number of halogens is 2. The molecule has 1 amide bonds. The van der Waals surface area contributed by atoms with E-state index in [9.17, 15) is 4.79 Å². The molecule has 1 aromatic rings. The van der Waals surface area contributed by atoms with Crippen molar-refractivity contribution in [1.29, 1.82) is 0 Å². The molecule has 2 rings (SSSR count). The first-order chi connectivity index (χ1) is 8.15. The number of rotatable bonds is 4. The van der Waals surface area contributed by atoms with Crippen LogP contribution in [-0.4, -0.2) is 17.8 Å². The fourth-order valence-electron chi connectivity index (χ4n) is 2.08. The van der Waals surface area contributed by atoms with Crippen molar-refractivity contribution in [3.05, 3.63) is 28.8 Å². The summed E-state index contributed by atoms with van der Waals surface area (Å²) < 4.78 is 0. The van der Waals surface area contributed by atoms with Crippen molar-refractivity contribution < 1.29 is 4.79 Å². The molecule has 1 atom stereocenters. The van der Waals surface area contributed by atoms with Crippen molar-refractivity contribution in [2.24, 2.45) is 5.92 Å². The monoisotopic (exact) mass is 315 g/mol. The number of hydrogen-bond acceptors (Lipinski definition) is 1. The normalized spacial score (nSPS) is 16.2. The third-order valence-electron chi connectivity index (χ3n) is 3.22. The van der Waals surface area contributed by atoms with Crippen molar-refractivity contribution in [3.63, 3.8) is 0 Å². The molecule has 1 aliphatic heterocycles. The number of carbonyl (C=O) groups is 1. The van der Waals surface area contributed by atoms with Crippen LogP contribution in [0.5, 0.6) is 0 Å². The van der Waals surface area contributed by atoms with Gasteiger partial charge >= 0.3 is 0 Å². The van der Waals surface area contributed by atoms with Gasteiger partial charge in [0.05, 0.1) is 6.42 Å². The second kappa shape index (κ2) is 5.40. The number of anilines is 1. The van der Waals surface area contributed by atoms with Crippen LogP contribution in [0.4, 0.5) is 5.69 Å². The van der Waals surface area contributed by atoms with E-state index in [0.29, 0.717) is 17.4 Å². The van der Waals surface area contributed by atoms with Gasteiger partial charge in [-0.15, -0.1) is 0 Å². The van der Waals surface area contributed by atoms with Crippen molar-refractivity contribution >= 4 is 39.1 Å². The molecule has 0 bridgehead atoms. The number of fused-ring (bicyclic) bond motifs is 1. The van der Waals surface area contributed by atoms with Gasteiger partial charge in [-0.1, -0.05) is 46.9 Å². The summed E-state index contributed by atoms with van der Waals surface area (Å²) in [6.45, 7) is 2.92. The molecule has 1 aromatic carbocycles. The number of nitrogens with zero attached hydrogens (tertiary/aromatic N) is 1. The molecule has 1 unspecified atom stereocenters. The minimum atomic E-state index is 0.182. The van der Waals surface area contributed by atoms with E-state index in [0.717, 1.165) is 29.5 Å². The summed E-state index contributed by atoms with van der Waals surface area (Å²) in [6.07, 6.45) is 1.57. The molecule has 92 valence electrons. The molecule has 0 radical (unpaired) electrons. The Labute approximate surface area is 115 Å². The van der Waals surface area contributed by atoms with Gasteiger partial charge in [0.25, 0.3) is 0 Å². The van der Waals surface area contributed by atoms with Crippen LogP contribution in [0.1, 0.15) is 18.9 Å². The highest BCUT2D eigenvalue weighted by molar-refractivity contribution is 9.09. The summed E-state index contributed by atoms with van der Waals surface area (Å²) in [5, 5.41) is 1.61. The van der Waals surface area contributed by atoms with E-state index in [-0.39, 0.29) is 5.91 Å². The summed E-state index contributed by atoms with van der Waals surface area (Å²) in [7, 11) is 0. The quantitative estimate of drug-likeness (QED) is 0.777. The first-order valence-electron chi connectivity index (χ1n) is 5.80. The zero-order chi connectivity index (χ0) is 12.4. The highest BCUT2D eigenvalue weighted by Crippen LogP contribution is 2.32. The maximum Gasteiger partial charge on any atom is 0.231 e. The lowest BCUT2D eigenvalue weighted by atomic mass is 10.1. The highest BCUT2D eigenvalue weighted by atomic mass is 79.9. The van der Waals surface area contributed by atoms with Gasteiger partial charge in [0, 0.05) is 22.6 Å². The van der Waals surface area contributed by atoms with Gasteiger partial charge in [0.15, 0.2) is 0 Å². The molecule has 0 aromatic heterocycles. The smallest absolute Gasteiger partial charge is 0.231 e. The Kier molecular flexibility index (Phi) is 4.10. The lowest BCUT2D eigenvalue weighted by molar-refractivity contribution is -0.117. The molecule has 0 saturated carbocycles. The van der Waals surface area contributed by atoms with Crippen LogP contribution in [-0.2, 0) is 11.2 Å². The fraction of sp³-hybridized carbons (Fsp3) is 0.462. The van der Waals surface area contributed by atoms with Crippen LogP contribution in [0.15, 0.2) is 18.2 Å². The van der Waals surface area contributed by atoms with Gasteiger partial charge < -0.3 is 4.90 Å². The number of benzene rings is 1. The largest absolute Gasteiger partial charge is 0.311 e. The van der Waals surface area contributed by atoms with E-state index in [1.54, 1.807) is 0 Å². The summed E-state index contributed by atoms with van der Waals surface area (Å²) in [5.74, 6) is 0.672. The molecule has 0 aliphatic carbocycles. The predicted molar refractivity (Wildman–Crippen MR) is 75.1 cm³/mol. The average Bonchev–Trinajstić information content (AvgIpc) is 2.62. The number of alkyl halides is 1. The van der Waals surface area contributed by atoms with Crippen molar-refractivity contribution in [2.75, 3.05) is 16.8 Å². The molecule has 0 spiro atoms. The van der Waals surface area contributed by atoms with E-state index in [2.05, 4.69) is 22.9 Å². The Morgan fingerprint density at radius 2 is 2.29 bits per heavy atom. The van der Waals surface area contributed by atoms with E-state index in [1.165, 1.54) is 0 Å². The molecule has 0 saturated heterocycles. The second-order valence-corrected chi connectivity index (χ2v) is 5.47. The first-order valence-corrected chi connectivity index (χ1v) is 7.30. The average molecular weight is 317 g/mol. The SMILES string of the molecule is CCC(CBr)CN1C(=O)Cc2ccc(Cl)cc21. The van der Waals surface area contributed by atoms with E-state index >= 15 is 0 Å². The molecular weight excluding hydrogens is 302 g/mol. The van der Waals surface area contributed by atoms with Crippen molar-refractivity contribution in [1.82, 2.24) is 0 Å². The van der Waals surface area contributed by atoms with Gasteiger partial charge in [0.2, 0.25) is 5.91 Å². The topological polar surface area (TPSA) is 20.3 Å². The van der Waals surface area contributed by atoms with Crippen LogP contribution in [0.3, 0.4) is 0 Å². The van der Waals surface area contributed by atoms with Crippen molar-refractivity contribution in [2.45, 2.75) is 19.8 Å². The summed E-state index contributed by atoms with van der Waals surface area (Å²) >= 11 is 9.49. The standard InChI is InChI=1S/C13H15BrClNO/c1-2-9(7-14)8-16-12-6-11(15)4-3-10(12)5-13(16)17/h3-4,6,9H,2,5,7-8H2,1H3. The van der Waals surface area contributed by atoms with Gasteiger partial charge in [0.1, 0.15) is 0 Å². The van der Waals surface area contributed by atoms with Crippen molar-refractivity contribution in [3.8, 4) is 0 Å². The molecule has 1 heterocycles. The Balaban J connectivity index is 2.24. The van der Waals surface area contributed by atoms with E-state index in [1.807, 2.05) is 23.1 Å². The van der Waals surface area contributed by atoms with Gasteiger partial charge in [-0.2, -0.15) is 0 Å². The lowest BCUT2D eigenvalue weighted by Crippen LogP contribution is -2.32. The minimum absolute atomic E-state index is 0.182. The third-order valence-corrected chi connectivity index (χ3v) is 4.37. The summed E-state index contributed by atoms with van der Waals surface area (Å²) in [5.41, 5.74) is 2.07. The molecule has 0 fully saturated rings. The van der Waals surface area contributed by atoms with Crippen LogP contribution in [0, 0.1) is 5.92 Å². The second-order valence-electron chi connectivity index (χ2n) is 4.38. The highest BCUT2D eigenvalue weighted by Gasteiger charge is 2.28. The first kappa shape index (κ1) is 12.9. The minimum Gasteiger partial charge on any atom is -0.311 e. The molecule has 17 heavy (non-hydrogen) atoms. The number of carbonyl (C=O) groups excluding carboxylic acids is 1. The fourth-order valence-corrected chi connectivity index (χ4v) is 2.90. The summed E-state index contributed by atoms with van der Waals surface area (Å²) in [6, 6.07) is 5.69. The summed E-state index contributed by atoms with van der Waals surface area (Å²) in [4.78, 5) is 13.8. The van der Waals surface area contributed by atoms with Gasteiger partial charge in [-0.05, 0) is 23.6 Å². The zero-order valence-electron chi connectivity index (χ0n) is 9.75. The molecule has 2 nitrogen and oxygen atoms in total. The maximum atomic E-state index is 12.0. The predicted octanol–water partition coefficient (Wildman–Crippen LogP) is 3.65. The lowest BCUT2D eigenvalue weighted by Gasteiger charge is -2.22. The van der Waals surface area contributed by atoms with Crippen LogP contribution in [0.2, 0.25) is 5.02 Å². The third kappa shape index (κ3) is 2.66. The van der Waals surface area contributed by atoms with E-state index < -0.39 is 0 Å². The Morgan fingerprint density at radius 1 is 1.53 bits per heavy atom. The Hall–Kier alpha value is -0.540. The Morgan fingerprint density at radius 3 is 2.94 bits per heavy atom. The van der Waals surface area contributed by atoms with Gasteiger partial charge in [-0.25, -0.2) is 0 Å². The zero-order valence-corrected chi connectivity index (χ0v) is 12.1. The van der Waals surface area contributed by atoms with Crippen LogP contribution < -0.4 is 4.90 Å². The molecule has 1 aliphatic rings. The van der Waals surface area contributed by atoms with Crippen LogP contribution in [0.25, 0.3) is 0 Å². The molecular formula is C13H15BrClNO. The van der Waals surface area contributed by atoms with Crippen LogP contribution >= 0.6 is 27.5 Å². The molecule has 4 heteroatoms.